The van der Waals surface area contributed by atoms with E-state index in [2.05, 4.69) is 0 Å². The molecule has 0 radical (unpaired) electrons. The molecule has 1 aliphatic carbocycles. The number of carbonyl (C=O) groups excluding carboxylic acids is 2. The van der Waals surface area contributed by atoms with Gasteiger partial charge in [0, 0.05) is 33.7 Å². The zero-order valence-electron chi connectivity index (χ0n) is 19.6. The molecule has 0 saturated heterocycles. The van der Waals surface area contributed by atoms with E-state index in [1.807, 2.05) is 79.1 Å². The van der Waals surface area contributed by atoms with Crippen molar-refractivity contribution in [1.29, 1.82) is 0 Å². The number of nitrogens with zero attached hydrogens (tertiary/aromatic N) is 2. The Morgan fingerprint density at radius 2 is 1.68 bits per heavy atom. The van der Waals surface area contributed by atoms with Crippen LogP contribution in [-0.2, 0) is 17.6 Å². The first kappa shape index (κ1) is 22.1. The lowest BCUT2D eigenvalue weighted by atomic mass is 9.97. The van der Waals surface area contributed by atoms with Gasteiger partial charge in [-0.3, -0.25) is 9.78 Å². The molecule has 5 heteroatoms. The summed E-state index contributed by atoms with van der Waals surface area (Å²) in [6.07, 6.45) is 4.89. The van der Waals surface area contributed by atoms with E-state index in [1.54, 1.807) is 0 Å². The highest BCUT2D eigenvalue weighted by Gasteiger charge is 2.24. The van der Waals surface area contributed by atoms with Gasteiger partial charge in [0.2, 0.25) is 5.78 Å². The van der Waals surface area contributed by atoms with Crippen LogP contribution >= 0.6 is 0 Å². The zero-order chi connectivity index (χ0) is 23.7. The SMILES string of the molecule is Cc1cc(C(=O)COC(=O)c2c3c(nc4ccccc24)CCCCC3)c(C)n1-c1ccccc1. The van der Waals surface area contributed by atoms with Crippen molar-refractivity contribution in [3.8, 4) is 5.69 Å². The van der Waals surface area contributed by atoms with E-state index in [-0.39, 0.29) is 12.4 Å². The van der Waals surface area contributed by atoms with Crippen molar-refractivity contribution in [2.24, 2.45) is 0 Å². The van der Waals surface area contributed by atoms with Crippen molar-refractivity contribution >= 4 is 22.7 Å². The fourth-order valence-corrected chi connectivity index (χ4v) is 5.08. The molecule has 2 aromatic heterocycles. The van der Waals surface area contributed by atoms with E-state index in [0.29, 0.717) is 11.1 Å². The molecule has 34 heavy (non-hydrogen) atoms. The molecule has 2 aromatic carbocycles. The molecule has 1 aliphatic rings. The molecule has 0 atom stereocenters. The zero-order valence-corrected chi connectivity index (χ0v) is 19.6. The molecule has 0 bridgehead atoms. The number of hydrogen-bond acceptors (Lipinski definition) is 4. The van der Waals surface area contributed by atoms with Crippen LogP contribution in [-0.4, -0.2) is 27.9 Å². The molecular formula is C29H28N2O3. The van der Waals surface area contributed by atoms with Crippen LogP contribution < -0.4 is 0 Å². The molecule has 5 rings (SSSR count). The van der Waals surface area contributed by atoms with Crippen molar-refractivity contribution < 1.29 is 14.3 Å². The van der Waals surface area contributed by atoms with Gasteiger partial charge in [-0.2, -0.15) is 0 Å². The summed E-state index contributed by atoms with van der Waals surface area (Å²) < 4.78 is 7.69. The van der Waals surface area contributed by atoms with Crippen LogP contribution in [0, 0.1) is 13.8 Å². The Kier molecular flexibility index (Phi) is 6.01. The van der Waals surface area contributed by atoms with E-state index in [0.717, 1.165) is 71.3 Å². The third-order valence-corrected chi connectivity index (χ3v) is 6.70. The second kappa shape index (κ2) is 9.26. The van der Waals surface area contributed by atoms with Gasteiger partial charge in [0.25, 0.3) is 0 Å². The van der Waals surface area contributed by atoms with E-state index < -0.39 is 5.97 Å². The number of fused-ring (bicyclic) bond motifs is 2. The van der Waals surface area contributed by atoms with E-state index >= 15 is 0 Å². The fourth-order valence-electron chi connectivity index (χ4n) is 5.08. The Balaban J connectivity index is 1.43. The minimum absolute atomic E-state index is 0.201. The third-order valence-electron chi connectivity index (χ3n) is 6.70. The molecule has 0 N–H and O–H groups in total. The molecule has 4 aromatic rings. The summed E-state index contributed by atoms with van der Waals surface area (Å²) in [5, 5.41) is 0.794. The molecule has 0 aliphatic heterocycles. The number of esters is 1. The van der Waals surface area contributed by atoms with Crippen LogP contribution in [0.3, 0.4) is 0 Å². The Bertz CT molecular complexity index is 1390. The molecule has 0 fully saturated rings. The molecular weight excluding hydrogens is 424 g/mol. The predicted molar refractivity (Wildman–Crippen MR) is 133 cm³/mol. The lowest BCUT2D eigenvalue weighted by Gasteiger charge is -2.15. The maximum absolute atomic E-state index is 13.3. The summed E-state index contributed by atoms with van der Waals surface area (Å²) in [6.45, 7) is 3.61. The normalized spacial score (nSPS) is 13.4. The summed E-state index contributed by atoms with van der Waals surface area (Å²) in [6, 6.07) is 19.5. The Labute approximate surface area is 199 Å². The number of pyridine rings is 1. The van der Waals surface area contributed by atoms with Gasteiger partial charge in [0.15, 0.2) is 6.61 Å². The summed E-state index contributed by atoms with van der Waals surface area (Å²) in [4.78, 5) is 31.3. The van der Waals surface area contributed by atoms with Gasteiger partial charge in [-0.05, 0) is 69.4 Å². The van der Waals surface area contributed by atoms with Crippen LogP contribution in [0.5, 0.6) is 0 Å². The Morgan fingerprint density at radius 3 is 2.50 bits per heavy atom. The number of aromatic nitrogens is 2. The van der Waals surface area contributed by atoms with Crippen molar-refractivity contribution in [3.63, 3.8) is 0 Å². The van der Waals surface area contributed by atoms with Crippen molar-refractivity contribution in [2.75, 3.05) is 6.61 Å². The second-order valence-corrected chi connectivity index (χ2v) is 8.94. The van der Waals surface area contributed by atoms with Gasteiger partial charge in [0.1, 0.15) is 0 Å². The van der Waals surface area contributed by atoms with E-state index in [4.69, 9.17) is 9.72 Å². The molecule has 172 valence electrons. The quantitative estimate of drug-likeness (QED) is 0.213. The number of hydrogen-bond donors (Lipinski definition) is 0. The number of para-hydroxylation sites is 2. The summed E-state index contributed by atoms with van der Waals surface area (Å²) in [7, 11) is 0. The average Bonchev–Trinajstić information content (AvgIpc) is 3.00. The molecule has 0 spiro atoms. The third kappa shape index (κ3) is 4.03. The monoisotopic (exact) mass is 452 g/mol. The first-order chi connectivity index (χ1) is 16.5. The number of rotatable bonds is 5. The highest BCUT2D eigenvalue weighted by Crippen LogP contribution is 2.29. The lowest BCUT2D eigenvalue weighted by molar-refractivity contribution is 0.0475. The number of benzene rings is 2. The number of carbonyl (C=O) groups is 2. The van der Waals surface area contributed by atoms with Crippen LogP contribution in [0.4, 0.5) is 0 Å². The molecule has 0 amide bonds. The maximum Gasteiger partial charge on any atom is 0.339 e. The minimum Gasteiger partial charge on any atom is -0.454 e. The highest BCUT2D eigenvalue weighted by atomic mass is 16.5. The fraction of sp³-hybridized carbons (Fsp3) is 0.276. The van der Waals surface area contributed by atoms with Crippen molar-refractivity contribution in [3.05, 3.63) is 94.4 Å². The molecule has 0 saturated carbocycles. The highest BCUT2D eigenvalue weighted by molar-refractivity contribution is 6.06. The van der Waals surface area contributed by atoms with Crippen molar-refractivity contribution in [2.45, 2.75) is 46.0 Å². The van der Waals surface area contributed by atoms with Gasteiger partial charge in [0.05, 0.1) is 11.1 Å². The Morgan fingerprint density at radius 1 is 0.941 bits per heavy atom. The largest absolute Gasteiger partial charge is 0.454 e. The lowest BCUT2D eigenvalue weighted by Crippen LogP contribution is -2.17. The summed E-state index contributed by atoms with van der Waals surface area (Å²) in [5.41, 5.74) is 6.72. The standard InChI is InChI=1S/C29H28N2O3/c1-19-17-24(20(2)31(19)21-11-5-3-6-12-21)27(32)18-34-29(33)28-22-13-7-4-8-15-25(22)30-26-16-10-9-14-23(26)28/h3,5-6,9-12,14,16-17H,4,7-8,13,15,18H2,1-2H3. The van der Waals surface area contributed by atoms with Crippen LogP contribution in [0.1, 0.15) is 62.6 Å². The minimum atomic E-state index is -0.443. The summed E-state index contributed by atoms with van der Waals surface area (Å²) >= 11 is 0. The number of ketones is 1. The smallest absolute Gasteiger partial charge is 0.339 e. The van der Waals surface area contributed by atoms with Gasteiger partial charge in [-0.15, -0.1) is 0 Å². The van der Waals surface area contributed by atoms with Gasteiger partial charge in [-0.1, -0.05) is 42.8 Å². The Hall–Kier alpha value is -3.73. The van der Waals surface area contributed by atoms with Gasteiger partial charge in [-0.25, -0.2) is 4.79 Å². The number of Topliss-reactive ketones (excluding diaryl/α,β-unsaturated/α-hetero) is 1. The van der Waals surface area contributed by atoms with E-state index in [9.17, 15) is 9.59 Å². The predicted octanol–water partition coefficient (Wildman–Crippen LogP) is 5.95. The maximum atomic E-state index is 13.3. The average molecular weight is 453 g/mol. The second-order valence-electron chi connectivity index (χ2n) is 8.94. The van der Waals surface area contributed by atoms with E-state index in [1.165, 1.54) is 0 Å². The van der Waals surface area contributed by atoms with Gasteiger partial charge >= 0.3 is 5.97 Å². The van der Waals surface area contributed by atoms with Crippen LogP contribution in [0.15, 0.2) is 60.7 Å². The molecule has 5 nitrogen and oxygen atoms in total. The first-order valence-corrected chi connectivity index (χ1v) is 11.9. The number of ether oxygens (including phenoxy) is 1. The van der Waals surface area contributed by atoms with Crippen molar-refractivity contribution in [1.82, 2.24) is 9.55 Å². The van der Waals surface area contributed by atoms with Crippen LogP contribution in [0.2, 0.25) is 0 Å². The topological polar surface area (TPSA) is 61.2 Å². The summed E-state index contributed by atoms with van der Waals surface area (Å²) in [5.74, 6) is -0.643. The first-order valence-electron chi connectivity index (χ1n) is 11.9. The van der Waals surface area contributed by atoms with Gasteiger partial charge < -0.3 is 9.30 Å². The molecule has 0 unspecified atom stereocenters. The number of aryl methyl sites for hydroxylation is 2. The molecule has 2 heterocycles. The van der Waals surface area contributed by atoms with Crippen LogP contribution in [0.25, 0.3) is 16.6 Å².